The third-order valence-corrected chi connectivity index (χ3v) is 1.52. The zero-order valence-corrected chi connectivity index (χ0v) is 7.68. The molecule has 0 heterocycles. The van der Waals surface area contributed by atoms with Crippen molar-refractivity contribution in [1.82, 2.24) is 5.43 Å². The molecule has 0 aliphatic carbocycles. The van der Waals surface area contributed by atoms with Crippen molar-refractivity contribution in [3.05, 3.63) is 35.4 Å². The second kappa shape index (κ2) is 4.75. The van der Waals surface area contributed by atoms with Crippen LogP contribution in [0.15, 0.2) is 29.4 Å². The SMILES string of the molecule is NC(=O)NN=Cc1cccc(C(=O)O)c1. The van der Waals surface area contributed by atoms with Gasteiger partial charge in [0, 0.05) is 0 Å². The number of urea groups is 1. The van der Waals surface area contributed by atoms with Gasteiger partial charge in [0.1, 0.15) is 0 Å². The van der Waals surface area contributed by atoms with Crippen LogP contribution < -0.4 is 11.2 Å². The Balaban J connectivity index is 2.78. The highest BCUT2D eigenvalue weighted by Crippen LogP contribution is 2.02. The number of nitrogens with two attached hydrogens (primary N) is 1. The molecule has 1 aromatic carbocycles. The normalized spacial score (nSPS) is 10.1. The van der Waals surface area contributed by atoms with Crippen molar-refractivity contribution in [3.63, 3.8) is 0 Å². The number of hydrogen-bond donors (Lipinski definition) is 3. The molecular formula is C9H9N3O3. The van der Waals surface area contributed by atoms with Gasteiger partial charge in [-0.2, -0.15) is 5.10 Å². The smallest absolute Gasteiger partial charge is 0.335 e. The molecule has 4 N–H and O–H groups in total. The lowest BCUT2D eigenvalue weighted by atomic mass is 10.1. The van der Waals surface area contributed by atoms with Crippen LogP contribution in [0.4, 0.5) is 4.79 Å². The second-order valence-electron chi connectivity index (χ2n) is 2.66. The Labute approximate surface area is 85.4 Å². The van der Waals surface area contributed by atoms with E-state index in [1.165, 1.54) is 18.3 Å². The van der Waals surface area contributed by atoms with Gasteiger partial charge < -0.3 is 10.8 Å². The largest absolute Gasteiger partial charge is 0.478 e. The lowest BCUT2D eigenvalue weighted by molar-refractivity contribution is 0.0697. The minimum absolute atomic E-state index is 0.151. The fourth-order valence-corrected chi connectivity index (χ4v) is 0.922. The summed E-state index contributed by atoms with van der Waals surface area (Å²) >= 11 is 0. The number of hydrazone groups is 1. The Bertz CT molecular complexity index is 415. The molecular weight excluding hydrogens is 198 g/mol. The number of primary amides is 1. The number of carbonyl (C=O) groups excluding carboxylic acids is 1. The molecule has 0 spiro atoms. The van der Waals surface area contributed by atoms with Gasteiger partial charge in [-0.3, -0.25) is 0 Å². The number of aromatic carboxylic acids is 1. The van der Waals surface area contributed by atoms with Crippen molar-refractivity contribution in [2.24, 2.45) is 10.8 Å². The standard InChI is InChI=1S/C9H9N3O3/c10-9(15)12-11-5-6-2-1-3-7(4-6)8(13)14/h1-5H,(H,13,14)(H3,10,12,15). The summed E-state index contributed by atoms with van der Waals surface area (Å²) in [6.07, 6.45) is 1.30. The first-order chi connectivity index (χ1) is 7.09. The van der Waals surface area contributed by atoms with E-state index in [9.17, 15) is 9.59 Å². The van der Waals surface area contributed by atoms with Gasteiger partial charge in [-0.1, -0.05) is 12.1 Å². The summed E-state index contributed by atoms with van der Waals surface area (Å²) in [5, 5.41) is 12.2. The van der Waals surface area contributed by atoms with Crippen LogP contribution in [0.25, 0.3) is 0 Å². The van der Waals surface area contributed by atoms with E-state index < -0.39 is 12.0 Å². The number of rotatable bonds is 3. The second-order valence-corrected chi connectivity index (χ2v) is 2.66. The van der Waals surface area contributed by atoms with E-state index in [2.05, 4.69) is 5.10 Å². The molecule has 1 rings (SSSR count). The van der Waals surface area contributed by atoms with E-state index in [-0.39, 0.29) is 5.56 Å². The van der Waals surface area contributed by atoms with Gasteiger partial charge in [-0.15, -0.1) is 0 Å². The third-order valence-electron chi connectivity index (χ3n) is 1.52. The highest BCUT2D eigenvalue weighted by Gasteiger charge is 2.01. The summed E-state index contributed by atoms with van der Waals surface area (Å²) in [4.78, 5) is 20.9. The Morgan fingerprint density at radius 3 is 2.80 bits per heavy atom. The monoisotopic (exact) mass is 207 g/mol. The van der Waals surface area contributed by atoms with E-state index in [4.69, 9.17) is 10.8 Å². The summed E-state index contributed by atoms with van der Waals surface area (Å²) in [6, 6.07) is 5.34. The minimum atomic E-state index is -1.02. The van der Waals surface area contributed by atoms with Crippen molar-refractivity contribution in [2.45, 2.75) is 0 Å². The first kappa shape index (κ1) is 10.7. The van der Waals surface area contributed by atoms with E-state index in [0.29, 0.717) is 5.56 Å². The average molecular weight is 207 g/mol. The molecule has 0 radical (unpaired) electrons. The molecule has 0 aliphatic rings. The molecule has 6 nitrogen and oxygen atoms in total. The molecule has 0 saturated carbocycles. The summed E-state index contributed by atoms with van der Waals surface area (Å²) in [7, 11) is 0. The van der Waals surface area contributed by atoms with Crippen LogP contribution in [0, 0.1) is 0 Å². The summed E-state index contributed by atoms with van der Waals surface area (Å²) in [6.45, 7) is 0. The van der Waals surface area contributed by atoms with Gasteiger partial charge in [0.05, 0.1) is 11.8 Å². The number of amides is 2. The van der Waals surface area contributed by atoms with Crippen molar-refractivity contribution < 1.29 is 14.7 Å². The molecule has 0 aromatic heterocycles. The van der Waals surface area contributed by atoms with Crippen molar-refractivity contribution in [2.75, 3.05) is 0 Å². The molecule has 78 valence electrons. The summed E-state index contributed by atoms with van der Waals surface area (Å²) in [5.41, 5.74) is 7.49. The summed E-state index contributed by atoms with van der Waals surface area (Å²) in [5.74, 6) is -1.02. The molecule has 0 bridgehead atoms. The number of carbonyl (C=O) groups is 2. The highest BCUT2D eigenvalue weighted by atomic mass is 16.4. The molecule has 0 aliphatic heterocycles. The van der Waals surface area contributed by atoms with Crippen LogP contribution in [0.2, 0.25) is 0 Å². The van der Waals surface area contributed by atoms with Crippen LogP contribution in [0.3, 0.4) is 0 Å². The number of hydrogen-bond acceptors (Lipinski definition) is 3. The van der Waals surface area contributed by atoms with Crippen LogP contribution in [0.5, 0.6) is 0 Å². The van der Waals surface area contributed by atoms with Gasteiger partial charge in [-0.05, 0) is 17.7 Å². The Morgan fingerprint density at radius 1 is 1.47 bits per heavy atom. The quantitative estimate of drug-likeness (QED) is 0.493. The topological polar surface area (TPSA) is 105 Å². The molecule has 1 aromatic rings. The minimum Gasteiger partial charge on any atom is -0.478 e. The van der Waals surface area contributed by atoms with E-state index >= 15 is 0 Å². The molecule has 0 fully saturated rings. The number of carboxylic acids is 1. The van der Waals surface area contributed by atoms with E-state index in [1.807, 2.05) is 5.43 Å². The maximum atomic E-state index is 10.6. The number of nitrogens with zero attached hydrogens (tertiary/aromatic N) is 1. The molecule has 2 amide bonds. The van der Waals surface area contributed by atoms with Gasteiger partial charge in [0.2, 0.25) is 0 Å². The third kappa shape index (κ3) is 3.47. The van der Waals surface area contributed by atoms with Crippen LogP contribution in [-0.2, 0) is 0 Å². The van der Waals surface area contributed by atoms with Crippen LogP contribution >= 0.6 is 0 Å². The first-order valence-corrected chi connectivity index (χ1v) is 4.01. The molecule has 0 atom stereocenters. The van der Waals surface area contributed by atoms with Crippen LogP contribution in [-0.4, -0.2) is 23.3 Å². The highest BCUT2D eigenvalue weighted by molar-refractivity contribution is 5.91. The Kier molecular flexibility index (Phi) is 3.39. The lowest BCUT2D eigenvalue weighted by Crippen LogP contribution is -2.24. The average Bonchev–Trinajstić information content (AvgIpc) is 2.17. The number of carboxylic acid groups (broad SMARTS) is 1. The molecule has 15 heavy (non-hydrogen) atoms. The summed E-state index contributed by atoms with van der Waals surface area (Å²) < 4.78 is 0. The molecule has 0 unspecified atom stereocenters. The maximum absolute atomic E-state index is 10.6. The Hall–Kier alpha value is -2.37. The predicted molar refractivity (Wildman–Crippen MR) is 53.7 cm³/mol. The zero-order valence-electron chi connectivity index (χ0n) is 7.68. The van der Waals surface area contributed by atoms with Gasteiger partial charge in [0.25, 0.3) is 0 Å². The van der Waals surface area contributed by atoms with Crippen molar-refractivity contribution >= 4 is 18.2 Å². The fraction of sp³-hybridized carbons (Fsp3) is 0. The van der Waals surface area contributed by atoms with Crippen LogP contribution in [0.1, 0.15) is 15.9 Å². The molecule has 0 saturated heterocycles. The fourth-order valence-electron chi connectivity index (χ4n) is 0.922. The van der Waals surface area contributed by atoms with Gasteiger partial charge >= 0.3 is 12.0 Å². The van der Waals surface area contributed by atoms with Crippen molar-refractivity contribution in [1.29, 1.82) is 0 Å². The van der Waals surface area contributed by atoms with E-state index in [0.717, 1.165) is 0 Å². The van der Waals surface area contributed by atoms with Crippen molar-refractivity contribution in [3.8, 4) is 0 Å². The molecule has 6 heteroatoms. The predicted octanol–water partition coefficient (Wildman–Crippen LogP) is 0.387. The Morgan fingerprint density at radius 2 is 2.20 bits per heavy atom. The van der Waals surface area contributed by atoms with Gasteiger partial charge in [-0.25, -0.2) is 15.0 Å². The lowest BCUT2D eigenvalue weighted by Gasteiger charge is -1.96. The first-order valence-electron chi connectivity index (χ1n) is 4.01. The number of benzene rings is 1. The van der Waals surface area contributed by atoms with Gasteiger partial charge in [0.15, 0.2) is 0 Å². The number of nitrogens with one attached hydrogen (secondary N) is 1. The van der Waals surface area contributed by atoms with E-state index in [1.54, 1.807) is 12.1 Å². The maximum Gasteiger partial charge on any atom is 0.335 e. The zero-order chi connectivity index (χ0) is 11.3.